The van der Waals surface area contributed by atoms with Crippen LogP contribution in [0.15, 0.2) is 64.5 Å². The number of hydrogen-bond donors (Lipinski definition) is 2. The average Bonchev–Trinajstić information content (AvgIpc) is 3.18. The van der Waals surface area contributed by atoms with Gasteiger partial charge in [0.05, 0.1) is 25.7 Å². The fourth-order valence-electron chi connectivity index (χ4n) is 2.91. The molecule has 9 nitrogen and oxygen atoms in total. The van der Waals surface area contributed by atoms with Crippen molar-refractivity contribution in [2.45, 2.75) is 5.16 Å². The Morgan fingerprint density at radius 1 is 1.10 bits per heavy atom. The molecule has 158 valence electrons. The van der Waals surface area contributed by atoms with Crippen molar-refractivity contribution in [3.8, 4) is 22.9 Å². The minimum atomic E-state index is -0.304. The Labute approximate surface area is 181 Å². The van der Waals surface area contributed by atoms with E-state index in [1.165, 1.54) is 22.3 Å². The summed E-state index contributed by atoms with van der Waals surface area (Å²) < 4.78 is 11.9. The number of rotatable bonds is 7. The number of nitrogens with one attached hydrogen (secondary N) is 2. The minimum absolute atomic E-state index is 0.0758. The molecule has 0 fully saturated rings. The van der Waals surface area contributed by atoms with Gasteiger partial charge in [-0.3, -0.25) is 14.7 Å². The van der Waals surface area contributed by atoms with Crippen LogP contribution in [-0.2, 0) is 4.79 Å². The van der Waals surface area contributed by atoms with Crippen LogP contribution in [0.4, 0.5) is 5.69 Å². The highest BCUT2D eigenvalue weighted by Crippen LogP contribution is 2.25. The van der Waals surface area contributed by atoms with E-state index in [0.717, 1.165) is 5.56 Å². The molecule has 0 atom stereocenters. The lowest BCUT2D eigenvalue weighted by molar-refractivity contribution is -0.113. The van der Waals surface area contributed by atoms with Crippen molar-refractivity contribution in [1.82, 2.24) is 19.6 Å². The maximum atomic E-state index is 12.5. The molecule has 0 saturated carbocycles. The normalized spacial score (nSPS) is 10.8. The molecule has 4 aromatic rings. The molecule has 0 aliphatic heterocycles. The summed E-state index contributed by atoms with van der Waals surface area (Å²) >= 11 is 1.18. The summed E-state index contributed by atoms with van der Waals surface area (Å²) in [4.78, 5) is 33.4. The molecular weight excluding hydrogens is 418 g/mol. The van der Waals surface area contributed by atoms with Crippen molar-refractivity contribution < 1.29 is 14.3 Å². The summed E-state index contributed by atoms with van der Waals surface area (Å²) in [6.45, 7) is 0. The lowest BCUT2D eigenvalue weighted by Crippen LogP contribution is -2.15. The highest BCUT2D eigenvalue weighted by atomic mass is 32.2. The van der Waals surface area contributed by atoms with E-state index in [1.54, 1.807) is 38.5 Å². The van der Waals surface area contributed by atoms with Gasteiger partial charge in [-0.15, -0.1) is 0 Å². The van der Waals surface area contributed by atoms with E-state index in [4.69, 9.17) is 9.47 Å². The first-order chi connectivity index (χ1) is 15.1. The third-order valence-corrected chi connectivity index (χ3v) is 5.32. The Bertz CT molecular complexity index is 1280. The van der Waals surface area contributed by atoms with Gasteiger partial charge in [0.1, 0.15) is 11.5 Å². The Balaban J connectivity index is 1.58. The fourth-order valence-corrected chi connectivity index (χ4v) is 3.67. The van der Waals surface area contributed by atoms with Crippen LogP contribution in [0.3, 0.4) is 0 Å². The SMILES string of the molecule is COc1ccc(-c2nc(SCC(=O)Nc3ccccc3OC)n3[nH]c(=O)cc3n2)cc1. The third kappa shape index (κ3) is 4.53. The first-order valence-electron chi connectivity index (χ1n) is 9.27. The molecule has 2 heterocycles. The van der Waals surface area contributed by atoms with E-state index in [2.05, 4.69) is 20.4 Å². The molecule has 2 aromatic heterocycles. The predicted octanol–water partition coefficient (Wildman–Crippen LogP) is 2.83. The van der Waals surface area contributed by atoms with Crippen LogP contribution in [0.2, 0.25) is 0 Å². The first-order valence-corrected chi connectivity index (χ1v) is 10.3. The van der Waals surface area contributed by atoms with E-state index in [-0.39, 0.29) is 17.2 Å². The lowest BCUT2D eigenvalue weighted by atomic mass is 10.2. The summed E-state index contributed by atoms with van der Waals surface area (Å²) in [5.41, 5.74) is 1.45. The number of thioether (sulfide) groups is 1. The summed E-state index contributed by atoms with van der Waals surface area (Å²) in [5.74, 6) is 1.56. The number of amides is 1. The molecule has 1 amide bonds. The van der Waals surface area contributed by atoms with Gasteiger partial charge in [-0.1, -0.05) is 23.9 Å². The molecule has 0 aliphatic rings. The molecule has 10 heteroatoms. The molecule has 0 radical (unpaired) electrons. The van der Waals surface area contributed by atoms with Crippen LogP contribution in [0.5, 0.6) is 11.5 Å². The van der Waals surface area contributed by atoms with Crippen molar-refractivity contribution in [1.29, 1.82) is 0 Å². The van der Waals surface area contributed by atoms with Crippen molar-refractivity contribution in [3.05, 3.63) is 65.0 Å². The smallest absolute Gasteiger partial charge is 0.266 e. The number of ether oxygens (including phenoxy) is 2. The zero-order chi connectivity index (χ0) is 21.8. The largest absolute Gasteiger partial charge is 0.497 e. The summed E-state index contributed by atoms with van der Waals surface area (Å²) in [6, 6.07) is 15.8. The molecule has 31 heavy (non-hydrogen) atoms. The van der Waals surface area contributed by atoms with Crippen LogP contribution < -0.4 is 20.3 Å². The molecule has 0 aliphatic carbocycles. The molecular formula is C21H19N5O4S. The fraction of sp³-hybridized carbons (Fsp3) is 0.143. The van der Waals surface area contributed by atoms with Crippen molar-refractivity contribution in [2.24, 2.45) is 0 Å². The number of carbonyl (C=O) groups is 1. The second-order valence-corrected chi connectivity index (χ2v) is 7.35. The monoisotopic (exact) mass is 437 g/mol. The molecule has 0 spiro atoms. The van der Waals surface area contributed by atoms with Gasteiger partial charge in [-0.05, 0) is 36.4 Å². The van der Waals surface area contributed by atoms with Crippen LogP contribution >= 0.6 is 11.8 Å². The quantitative estimate of drug-likeness (QED) is 0.428. The van der Waals surface area contributed by atoms with Crippen molar-refractivity contribution in [3.63, 3.8) is 0 Å². The number of fused-ring (bicyclic) bond motifs is 1. The molecule has 2 N–H and O–H groups in total. The van der Waals surface area contributed by atoms with Gasteiger partial charge in [0.15, 0.2) is 16.6 Å². The number of carbonyl (C=O) groups excluding carboxylic acids is 1. The van der Waals surface area contributed by atoms with Gasteiger partial charge in [-0.25, -0.2) is 14.5 Å². The molecule has 0 saturated heterocycles. The van der Waals surface area contributed by atoms with Gasteiger partial charge >= 0.3 is 0 Å². The molecule has 4 rings (SSSR count). The highest BCUT2D eigenvalue weighted by Gasteiger charge is 2.14. The van der Waals surface area contributed by atoms with E-state index >= 15 is 0 Å². The van der Waals surface area contributed by atoms with Gasteiger partial charge in [0, 0.05) is 11.6 Å². The number of para-hydroxylation sites is 2. The topological polar surface area (TPSA) is 111 Å². The summed E-state index contributed by atoms with van der Waals surface area (Å²) in [6.07, 6.45) is 0. The number of benzene rings is 2. The molecule has 2 aromatic carbocycles. The third-order valence-electron chi connectivity index (χ3n) is 4.39. The van der Waals surface area contributed by atoms with Gasteiger partial charge in [-0.2, -0.15) is 0 Å². The number of aromatic nitrogens is 4. The number of nitrogens with zero attached hydrogens (tertiary/aromatic N) is 3. The van der Waals surface area contributed by atoms with Crippen LogP contribution in [-0.4, -0.2) is 45.5 Å². The molecule has 0 unspecified atom stereocenters. The predicted molar refractivity (Wildman–Crippen MR) is 118 cm³/mol. The summed E-state index contributed by atoms with van der Waals surface area (Å²) in [7, 11) is 3.13. The molecule has 0 bridgehead atoms. The van der Waals surface area contributed by atoms with Crippen LogP contribution in [0.1, 0.15) is 0 Å². The Morgan fingerprint density at radius 3 is 2.61 bits per heavy atom. The number of hydrogen-bond acceptors (Lipinski definition) is 7. The van der Waals surface area contributed by atoms with Crippen LogP contribution in [0.25, 0.3) is 17.0 Å². The van der Waals surface area contributed by atoms with Crippen molar-refractivity contribution in [2.75, 3.05) is 25.3 Å². The van der Waals surface area contributed by atoms with E-state index < -0.39 is 0 Å². The lowest BCUT2D eigenvalue weighted by Gasteiger charge is -2.10. The highest BCUT2D eigenvalue weighted by molar-refractivity contribution is 7.99. The number of aromatic amines is 1. The number of methoxy groups -OCH3 is 2. The van der Waals surface area contributed by atoms with Crippen molar-refractivity contribution >= 4 is 29.0 Å². The minimum Gasteiger partial charge on any atom is -0.497 e. The standard InChI is InChI=1S/C21H19N5O4S/c1-29-14-9-7-13(8-10-14)20-23-17-11-18(27)25-26(17)21(24-20)31-12-19(28)22-15-5-3-4-6-16(15)30-2/h3-11H,12H2,1-2H3,(H,22,28)(H,25,27). The number of H-pyrrole nitrogens is 1. The van der Waals surface area contributed by atoms with E-state index in [9.17, 15) is 9.59 Å². The van der Waals surface area contributed by atoms with E-state index in [0.29, 0.717) is 33.8 Å². The Kier molecular flexibility index (Phi) is 5.89. The van der Waals surface area contributed by atoms with Gasteiger partial charge in [0.2, 0.25) is 5.91 Å². The second kappa shape index (κ2) is 8.92. The van der Waals surface area contributed by atoms with Gasteiger partial charge in [0.25, 0.3) is 5.56 Å². The maximum absolute atomic E-state index is 12.5. The maximum Gasteiger partial charge on any atom is 0.266 e. The zero-order valence-corrected chi connectivity index (χ0v) is 17.6. The average molecular weight is 437 g/mol. The number of anilines is 1. The zero-order valence-electron chi connectivity index (χ0n) is 16.8. The summed E-state index contributed by atoms with van der Waals surface area (Å²) in [5, 5.41) is 5.92. The van der Waals surface area contributed by atoms with Crippen LogP contribution in [0, 0.1) is 0 Å². The second-order valence-electron chi connectivity index (χ2n) is 6.41. The van der Waals surface area contributed by atoms with E-state index in [1.807, 2.05) is 24.3 Å². The Morgan fingerprint density at radius 2 is 1.87 bits per heavy atom. The first kappa shape index (κ1) is 20.5. The Hall–Kier alpha value is -3.79. The van der Waals surface area contributed by atoms with Gasteiger partial charge < -0.3 is 14.8 Å².